The van der Waals surface area contributed by atoms with Crippen LogP contribution in [0.25, 0.3) is 0 Å². The summed E-state index contributed by atoms with van der Waals surface area (Å²) in [4.78, 5) is 13.6. The predicted octanol–water partition coefficient (Wildman–Crippen LogP) is 1.87. The SMILES string of the molecule is COC(=O)C1CCN(c2ccc(C#N)c(C)c2)C1. The normalized spacial score (nSPS) is 18.5. The Balaban J connectivity index is 2.13. The summed E-state index contributed by atoms with van der Waals surface area (Å²) < 4.78 is 4.77. The van der Waals surface area contributed by atoms with E-state index in [1.165, 1.54) is 7.11 Å². The van der Waals surface area contributed by atoms with Gasteiger partial charge in [-0.2, -0.15) is 5.26 Å². The van der Waals surface area contributed by atoms with Crippen molar-refractivity contribution in [2.75, 3.05) is 25.1 Å². The summed E-state index contributed by atoms with van der Waals surface area (Å²) in [6.07, 6.45) is 0.825. The zero-order chi connectivity index (χ0) is 13.1. The van der Waals surface area contributed by atoms with Crippen LogP contribution < -0.4 is 4.90 Å². The van der Waals surface area contributed by atoms with Crippen molar-refractivity contribution in [3.63, 3.8) is 0 Å². The van der Waals surface area contributed by atoms with Crippen molar-refractivity contribution in [3.05, 3.63) is 29.3 Å². The van der Waals surface area contributed by atoms with E-state index in [1.54, 1.807) is 0 Å². The molecule has 1 atom stereocenters. The van der Waals surface area contributed by atoms with E-state index in [0.717, 1.165) is 24.2 Å². The summed E-state index contributed by atoms with van der Waals surface area (Å²) in [7, 11) is 1.43. The molecule has 1 fully saturated rings. The molecule has 1 aliphatic rings. The summed E-state index contributed by atoms with van der Waals surface area (Å²) >= 11 is 0. The molecule has 0 spiro atoms. The van der Waals surface area contributed by atoms with E-state index in [9.17, 15) is 4.79 Å². The van der Waals surface area contributed by atoms with E-state index in [0.29, 0.717) is 12.1 Å². The van der Waals surface area contributed by atoms with Crippen molar-refractivity contribution in [1.82, 2.24) is 0 Å². The maximum absolute atomic E-state index is 11.5. The molecule has 1 aromatic carbocycles. The van der Waals surface area contributed by atoms with Gasteiger partial charge in [-0.05, 0) is 37.1 Å². The quantitative estimate of drug-likeness (QED) is 0.745. The van der Waals surface area contributed by atoms with E-state index >= 15 is 0 Å². The average molecular weight is 244 g/mol. The average Bonchev–Trinajstić information content (AvgIpc) is 2.87. The molecule has 94 valence electrons. The first-order chi connectivity index (χ1) is 8.65. The minimum Gasteiger partial charge on any atom is -0.469 e. The molecule has 0 N–H and O–H groups in total. The highest BCUT2D eigenvalue weighted by molar-refractivity contribution is 5.74. The monoisotopic (exact) mass is 244 g/mol. The Labute approximate surface area is 107 Å². The van der Waals surface area contributed by atoms with Crippen LogP contribution in [-0.4, -0.2) is 26.2 Å². The number of aryl methyl sites for hydroxylation is 1. The fourth-order valence-corrected chi connectivity index (χ4v) is 2.32. The van der Waals surface area contributed by atoms with Crippen LogP contribution in [0.15, 0.2) is 18.2 Å². The number of hydrogen-bond donors (Lipinski definition) is 0. The molecule has 0 saturated carbocycles. The van der Waals surface area contributed by atoms with Crippen molar-refractivity contribution in [2.45, 2.75) is 13.3 Å². The fraction of sp³-hybridized carbons (Fsp3) is 0.429. The van der Waals surface area contributed by atoms with Crippen LogP contribution in [0.2, 0.25) is 0 Å². The molecule has 0 aromatic heterocycles. The van der Waals surface area contributed by atoms with Gasteiger partial charge in [0.2, 0.25) is 0 Å². The number of nitrogens with zero attached hydrogens (tertiary/aromatic N) is 2. The van der Waals surface area contributed by atoms with Gasteiger partial charge in [-0.1, -0.05) is 0 Å². The van der Waals surface area contributed by atoms with E-state index < -0.39 is 0 Å². The third-order valence-electron chi connectivity index (χ3n) is 3.42. The van der Waals surface area contributed by atoms with Crippen LogP contribution in [0.5, 0.6) is 0 Å². The third-order valence-corrected chi connectivity index (χ3v) is 3.42. The number of methoxy groups -OCH3 is 1. The smallest absolute Gasteiger partial charge is 0.310 e. The lowest BCUT2D eigenvalue weighted by Gasteiger charge is -2.19. The molecule has 0 bridgehead atoms. The van der Waals surface area contributed by atoms with Gasteiger partial charge in [0.05, 0.1) is 24.7 Å². The van der Waals surface area contributed by atoms with Crippen LogP contribution in [0, 0.1) is 24.2 Å². The number of carbonyl (C=O) groups is 1. The number of esters is 1. The number of anilines is 1. The Hall–Kier alpha value is -2.02. The van der Waals surface area contributed by atoms with Crippen LogP contribution in [-0.2, 0) is 9.53 Å². The molecule has 18 heavy (non-hydrogen) atoms. The van der Waals surface area contributed by atoms with Gasteiger partial charge in [0.15, 0.2) is 0 Å². The maximum Gasteiger partial charge on any atom is 0.310 e. The Morgan fingerprint density at radius 2 is 2.33 bits per heavy atom. The van der Waals surface area contributed by atoms with Crippen molar-refractivity contribution in [1.29, 1.82) is 5.26 Å². The standard InChI is InChI=1S/C14H16N2O2/c1-10-7-13(4-3-11(10)8-15)16-6-5-12(9-16)14(17)18-2/h3-4,7,12H,5-6,9H2,1-2H3. The first-order valence-electron chi connectivity index (χ1n) is 5.99. The number of nitriles is 1. The summed E-state index contributed by atoms with van der Waals surface area (Å²) in [5.74, 6) is -0.172. The first kappa shape index (κ1) is 12.4. The van der Waals surface area contributed by atoms with Crippen LogP contribution in [0.1, 0.15) is 17.5 Å². The molecule has 0 aliphatic carbocycles. The Kier molecular flexibility index (Phi) is 3.52. The number of ether oxygens (including phenoxy) is 1. The molecule has 1 aliphatic heterocycles. The molecule has 0 amide bonds. The number of benzene rings is 1. The van der Waals surface area contributed by atoms with Crippen molar-refractivity contribution >= 4 is 11.7 Å². The fourth-order valence-electron chi connectivity index (χ4n) is 2.32. The van der Waals surface area contributed by atoms with Gasteiger partial charge in [0.25, 0.3) is 0 Å². The van der Waals surface area contributed by atoms with E-state index in [2.05, 4.69) is 11.0 Å². The Morgan fingerprint density at radius 3 is 2.94 bits per heavy atom. The lowest BCUT2D eigenvalue weighted by atomic mass is 10.1. The van der Waals surface area contributed by atoms with Gasteiger partial charge in [-0.25, -0.2) is 0 Å². The largest absolute Gasteiger partial charge is 0.469 e. The molecular formula is C14H16N2O2. The van der Waals surface area contributed by atoms with Gasteiger partial charge >= 0.3 is 5.97 Å². The summed E-state index contributed by atoms with van der Waals surface area (Å²) in [6.45, 7) is 3.47. The van der Waals surface area contributed by atoms with Gasteiger partial charge in [-0.3, -0.25) is 4.79 Å². The second-order valence-corrected chi connectivity index (χ2v) is 4.57. The Bertz CT molecular complexity index is 505. The molecule has 1 aromatic rings. The summed E-state index contributed by atoms with van der Waals surface area (Å²) in [5, 5.41) is 8.90. The summed E-state index contributed by atoms with van der Waals surface area (Å²) in [5.41, 5.74) is 2.73. The van der Waals surface area contributed by atoms with Gasteiger partial charge in [0, 0.05) is 18.8 Å². The molecule has 1 saturated heterocycles. The van der Waals surface area contributed by atoms with Crippen molar-refractivity contribution < 1.29 is 9.53 Å². The highest BCUT2D eigenvalue weighted by atomic mass is 16.5. The number of rotatable bonds is 2. The molecule has 1 unspecified atom stereocenters. The molecule has 4 heteroatoms. The van der Waals surface area contributed by atoms with Gasteiger partial charge in [-0.15, -0.1) is 0 Å². The molecule has 4 nitrogen and oxygen atoms in total. The number of hydrogen-bond acceptors (Lipinski definition) is 4. The van der Waals surface area contributed by atoms with Crippen LogP contribution in [0.4, 0.5) is 5.69 Å². The third kappa shape index (κ3) is 2.30. The van der Waals surface area contributed by atoms with Crippen molar-refractivity contribution in [2.24, 2.45) is 5.92 Å². The van der Waals surface area contributed by atoms with E-state index in [-0.39, 0.29) is 11.9 Å². The summed E-state index contributed by atoms with van der Waals surface area (Å²) in [6, 6.07) is 7.92. The minimum absolute atomic E-state index is 0.0362. The predicted molar refractivity (Wildman–Crippen MR) is 68.2 cm³/mol. The van der Waals surface area contributed by atoms with Crippen LogP contribution in [0.3, 0.4) is 0 Å². The van der Waals surface area contributed by atoms with Crippen molar-refractivity contribution in [3.8, 4) is 6.07 Å². The second-order valence-electron chi connectivity index (χ2n) is 4.57. The maximum atomic E-state index is 11.5. The molecule has 1 heterocycles. The highest BCUT2D eigenvalue weighted by Gasteiger charge is 2.29. The molecule has 2 rings (SSSR count). The first-order valence-corrected chi connectivity index (χ1v) is 5.99. The topological polar surface area (TPSA) is 53.3 Å². The lowest BCUT2D eigenvalue weighted by Crippen LogP contribution is -2.23. The van der Waals surface area contributed by atoms with Crippen LogP contribution >= 0.6 is 0 Å². The second kappa shape index (κ2) is 5.09. The highest BCUT2D eigenvalue weighted by Crippen LogP contribution is 2.26. The Morgan fingerprint density at radius 1 is 1.56 bits per heavy atom. The van der Waals surface area contributed by atoms with Gasteiger partial charge < -0.3 is 9.64 Å². The number of carbonyl (C=O) groups excluding carboxylic acids is 1. The zero-order valence-corrected chi connectivity index (χ0v) is 10.6. The van der Waals surface area contributed by atoms with Gasteiger partial charge in [0.1, 0.15) is 0 Å². The molecule has 0 radical (unpaired) electrons. The minimum atomic E-state index is -0.136. The zero-order valence-electron chi connectivity index (χ0n) is 10.6. The lowest BCUT2D eigenvalue weighted by molar-refractivity contribution is -0.144. The van der Waals surface area contributed by atoms with E-state index in [1.807, 2.05) is 25.1 Å². The molecular weight excluding hydrogens is 228 g/mol. The van der Waals surface area contributed by atoms with E-state index in [4.69, 9.17) is 10.00 Å².